The number of aromatic carboxylic acids is 1. The van der Waals surface area contributed by atoms with Crippen molar-refractivity contribution in [2.24, 2.45) is 5.73 Å². The lowest BCUT2D eigenvalue weighted by Crippen LogP contribution is -2.40. The summed E-state index contributed by atoms with van der Waals surface area (Å²) >= 11 is 0. The van der Waals surface area contributed by atoms with Crippen LogP contribution in [0.15, 0.2) is 29.2 Å². The number of nitrogens with two attached hydrogens (primary N) is 1. The lowest BCUT2D eigenvalue weighted by atomic mass is 9.99. The number of carboxylic acids is 1. The Labute approximate surface area is 165 Å². The Morgan fingerprint density at radius 2 is 2.14 bits per heavy atom. The molecule has 3 atom stereocenters. The number of methoxy groups -OCH3 is 1. The van der Waals surface area contributed by atoms with Crippen LogP contribution >= 0.6 is 0 Å². The predicted octanol–water partition coefficient (Wildman–Crippen LogP) is 2.22. The molecule has 1 unspecified atom stereocenters. The van der Waals surface area contributed by atoms with Crippen LogP contribution in [0.2, 0.25) is 0 Å². The van der Waals surface area contributed by atoms with Crippen LogP contribution in [0.25, 0.3) is 10.9 Å². The summed E-state index contributed by atoms with van der Waals surface area (Å²) in [6, 6.07) is 0.347. The fraction of sp³-hybridized carbons (Fsp3) is 0.400. The fourth-order valence-corrected chi connectivity index (χ4v) is 3.92. The molecular formula is C20H21F2N3O4. The Morgan fingerprint density at radius 3 is 2.62 bits per heavy atom. The van der Waals surface area contributed by atoms with Gasteiger partial charge in [-0.05, 0) is 18.6 Å². The molecule has 1 saturated heterocycles. The number of pyridine rings is 1. The lowest BCUT2D eigenvalue weighted by Gasteiger charge is -2.25. The van der Waals surface area contributed by atoms with Crippen molar-refractivity contribution in [3.05, 3.63) is 46.0 Å². The minimum atomic E-state index is -1.46. The molecule has 2 heterocycles. The number of anilines is 1. The number of carboxylic acid groups (broad SMARTS) is 1. The van der Waals surface area contributed by atoms with Crippen LogP contribution in [0.5, 0.6) is 5.75 Å². The summed E-state index contributed by atoms with van der Waals surface area (Å²) in [4.78, 5) is 25.9. The highest BCUT2D eigenvalue weighted by molar-refractivity contribution is 5.97. The van der Waals surface area contributed by atoms with Crippen molar-refractivity contribution in [1.29, 1.82) is 0 Å². The molecule has 0 bridgehead atoms. The van der Waals surface area contributed by atoms with Gasteiger partial charge in [-0.2, -0.15) is 0 Å². The summed E-state index contributed by atoms with van der Waals surface area (Å²) in [7, 11) is 1.32. The largest absolute Gasteiger partial charge is 0.492 e. The van der Waals surface area contributed by atoms with Gasteiger partial charge in [0.05, 0.1) is 29.6 Å². The molecule has 2 fully saturated rings. The average molecular weight is 405 g/mol. The van der Waals surface area contributed by atoms with Gasteiger partial charge in [-0.15, -0.1) is 0 Å². The van der Waals surface area contributed by atoms with Gasteiger partial charge < -0.3 is 25.0 Å². The molecule has 7 nitrogen and oxygen atoms in total. The van der Waals surface area contributed by atoms with E-state index < -0.39 is 40.5 Å². The van der Waals surface area contributed by atoms with E-state index >= 15 is 4.39 Å². The topological polar surface area (TPSA) is 97.8 Å². The predicted molar refractivity (Wildman–Crippen MR) is 104 cm³/mol. The van der Waals surface area contributed by atoms with Gasteiger partial charge >= 0.3 is 5.97 Å². The second kappa shape index (κ2) is 6.28. The molecule has 0 amide bonds. The normalized spacial score (nSPS) is 26.2. The molecule has 1 aromatic heterocycles. The zero-order chi connectivity index (χ0) is 21.2. The zero-order valence-electron chi connectivity index (χ0n) is 16.0. The van der Waals surface area contributed by atoms with Crippen LogP contribution in [-0.2, 0) is 0 Å². The summed E-state index contributed by atoms with van der Waals surface area (Å²) in [5.41, 5.74) is 5.05. The molecule has 1 saturated carbocycles. The molecule has 0 spiro atoms. The minimum absolute atomic E-state index is 0.0404. The number of ether oxygens (including phenoxy) is 1. The molecule has 154 valence electrons. The first-order chi connectivity index (χ1) is 13.6. The Bertz CT molecular complexity index is 1130. The van der Waals surface area contributed by atoms with Crippen molar-refractivity contribution in [1.82, 2.24) is 4.57 Å². The van der Waals surface area contributed by atoms with Crippen LogP contribution in [-0.4, -0.2) is 47.6 Å². The Balaban J connectivity index is 2.05. The summed E-state index contributed by atoms with van der Waals surface area (Å²) in [5.74, 6) is -2.17. The van der Waals surface area contributed by atoms with E-state index in [0.717, 1.165) is 12.3 Å². The van der Waals surface area contributed by atoms with Gasteiger partial charge in [0.2, 0.25) is 5.43 Å². The first-order valence-electron chi connectivity index (χ1n) is 9.11. The highest BCUT2D eigenvalue weighted by Gasteiger charge is 2.42. The quantitative estimate of drug-likeness (QED) is 0.757. The van der Waals surface area contributed by atoms with Crippen molar-refractivity contribution in [2.45, 2.75) is 31.1 Å². The van der Waals surface area contributed by atoms with E-state index in [0.29, 0.717) is 12.1 Å². The molecule has 2 aromatic rings. The van der Waals surface area contributed by atoms with E-state index in [1.807, 2.05) is 0 Å². The van der Waals surface area contributed by atoms with Gasteiger partial charge in [0.25, 0.3) is 0 Å². The molecule has 3 N–H and O–H groups in total. The third-order valence-corrected chi connectivity index (χ3v) is 5.70. The van der Waals surface area contributed by atoms with E-state index in [1.165, 1.54) is 11.7 Å². The van der Waals surface area contributed by atoms with Gasteiger partial charge in [-0.25, -0.2) is 13.6 Å². The molecule has 1 aromatic carbocycles. The number of rotatable bonds is 4. The Kier molecular flexibility index (Phi) is 4.20. The van der Waals surface area contributed by atoms with Gasteiger partial charge in [0.15, 0.2) is 11.6 Å². The second-order valence-electron chi connectivity index (χ2n) is 7.92. The monoisotopic (exact) mass is 405 g/mol. The third-order valence-electron chi connectivity index (χ3n) is 5.70. The van der Waals surface area contributed by atoms with Crippen molar-refractivity contribution in [2.75, 3.05) is 25.1 Å². The van der Waals surface area contributed by atoms with Gasteiger partial charge in [-0.1, -0.05) is 6.58 Å². The highest BCUT2D eigenvalue weighted by atomic mass is 19.1. The molecule has 0 radical (unpaired) electrons. The molecular weight excluding hydrogens is 384 g/mol. The van der Waals surface area contributed by atoms with Crippen LogP contribution in [0.1, 0.15) is 29.7 Å². The van der Waals surface area contributed by atoms with Crippen molar-refractivity contribution < 1.29 is 23.4 Å². The number of halogens is 2. The average Bonchev–Trinajstić information content (AvgIpc) is 3.29. The number of hydrogen-bond acceptors (Lipinski definition) is 5. The highest BCUT2D eigenvalue weighted by Crippen LogP contribution is 2.46. The molecule has 1 aliphatic carbocycles. The number of alkyl halides is 1. The van der Waals surface area contributed by atoms with Crippen molar-refractivity contribution >= 4 is 22.6 Å². The van der Waals surface area contributed by atoms with Crippen LogP contribution < -0.4 is 20.8 Å². The Hall–Kier alpha value is -2.94. The molecule has 9 heteroatoms. The summed E-state index contributed by atoms with van der Waals surface area (Å²) in [6.07, 6.45) is 0.102. The van der Waals surface area contributed by atoms with E-state index in [-0.39, 0.29) is 35.3 Å². The first-order valence-corrected chi connectivity index (χ1v) is 9.11. The molecule has 1 aliphatic heterocycles. The van der Waals surface area contributed by atoms with E-state index in [2.05, 4.69) is 6.58 Å². The Morgan fingerprint density at radius 1 is 1.48 bits per heavy atom. The van der Waals surface area contributed by atoms with Crippen molar-refractivity contribution in [3.8, 4) is 5.75 Å². The molecule has 2 aliphatic rings. The SMILES string of the molecule is C=C1CN(c2c(F)cc3c(=O)c(C(=O)O)cn([C@@H]4C[C@@H]4F)c3c2OC)CC1(C)N. The first kappa shape index (κ1) is 19.4. The number of fused-ring (bicyclic) bond motifs is 1. The third kappa shape index (κ3) is 2.88. The minimum Gasteiger partial charge on any atom is -0.492 e. The van der Waals surface area contributed by atoms with Crippen LogP contribution in [0, 0.1) is 5.82 Å². The van der Waals surface area contributed by atoms with E-state index in [1.54, 1.807) is 11.8 Å². The number of carbonyl (C=O) groups is 1. The van der Waals surface area contributed by atoms with E-state index in [4.69, 9.17) is 10.5 Å². The van der Waals surface area contributed by atoms with Gasteiger partial charge in [-0.3, -0.25) is 4.79 Å². The summed E-state index contributed by atoms with van der Waals surface area (Å²) in [6.45, 7) is 6.29. The maximum Gasteiger partial charge on any atom is 0.341 e. The number of aromatic nitrogens is 1. The van der Waals surface area contributed by atoms with Crippen LogP contribution in [0.3, 0.4) is 0 Å². The summed E-state index contributed by atoms with van der Waals surface area (Å²) in [5, 5.41) is 9.19. The maximum atomic E-state index is 15.2. The van der Waals surface area contributed by atoms with Gasteiger partial charge in [0.1, 0.15) is 17.4 Å². The molecule has 29 heavy (non-hydrogen) atoms. The zero-order valence-corrected chi connectivity index (χ0v) is 16.0. The summed E-state index contributed by atoms with van der Waals surface area (Å²) < 4.78 is 35.9. The van der Waals surface area contributed by atoms with E-state index in [9.17, 15) is 19.1 Å². The fourth-order valence-electron chi connectivity index (χ4n) is 3.92. The number of benzene rings is 1. The second-order valence-corrected chi connectivity index (χ2v) is 7.92. The number of nitrogens with zero attached hydrogens (tertiary/aromatic N) is 2. The number of hydrogen-bond donors (Lipinski definition) is 2. The smallest absolute Gasteiger partial charge is 0.341 e. The van der Waals surface area contributed by atoms with Gasteiger partial charge in [0, 0.05) is 25.7 Å². The maximum absolute atomic E-state index is 15.2. The van der Waals surface area contributed by atoms with Crippen LogP contribution in [0.4, 0.5) is 14.5 Å². The van der Waals surface area contributed by atoms with Crippen molar-refractivity contribution in [3.63, 3.8) is 0 Å². The molecule has 4 rings (SSSR count). The standard InChI is InChI=1S/C20H21F2N3O4/c1-9-6-24(8-20(9,2)23)16-13(22)4-10-15(18(16)29-3)25(14-5-12(14)21)7-11(17(10)26)19(27)28/h4,7,12,14H,1,5-6,8,23H2,2-3H3,(H,27,28)/t12-,14+,20?/m0/s1. The lowest BCUT2D eigenvalue weighted by molar-refractivity contribution is 0.0694.